The Hall–Kier alpha value is -1.02. The van der Waals surface area contributed by atoms with Crippen molar-refractivity contribution >= 4 is 0 Å². The molecule has 1 saturated heterocycles. The van der Waals surface area contributed by atoms with Crippen molar-refractivity contribution in [3.05, 3.63) is 29.3 Å². The van der Waals surface area contributed by atoms with E-state index in [0.29, 0.717) is 0 Å². The van der Waals surface area contributed by atoms with Gasteiger partial charge >= 0.3 is 0 Å². The molecule has 2 aliphatic rings. The lowest BCUT2D eigenvalue weighted by atomic mass is 9.96. The third-order valence-electron chi connectivity index (χ3n) is 4.00. The van der Waals surface area contributed by atoms with Crippen LogP contribution in [0.3, 0.4) is 0 Å². The second-order valence-corrected chi connectivity index (χ2v) is 5.41. The smallest absolute Gasteiger partial charge is 0.122 e. The number of methoxy groups -OCH3 is 1. The second-order valence-electron chi connectivity index (χ2n) is 5.41. The lowest BCUT2D eigenvalue weighted by Crippen LogP contribution is -2.10. The molecule has 17 heavy (non-hydrogen) atoms. The zero-order valence-electron chi connectivity index (χ0n) is 10.5. The van der Waals surface area contributed by atoms with Crippen LogP contribution in [-0.4, -0.2) is 20.2 Å². The summed E-state index contributed by atoms with van der Waals surface area (Å²) < 4.78 is 5.54. The van der Waals surface area contributed by atoms with E-state index in [1.54, 1.807) is 7.11 Å². The van der Waals surface area contributed by atoms with Crippen LogP contribution in [0.4, 0.5) is 0 Å². The molecule has 0 spiro atoms. The van der Waals surface area contributed by atoms with E-state index in [1.807, 2.05) is 0 Å². The zero-order chi connectivity index (χ0) is 11.7. The summed E-state index contributed by atoms with van der Waals surface area (Å²) in [6.07, 6.45) is 5.17. The van der Waals surface area contributed by atoms with E-state index in [4.69, 9.17) is 4.74 Å². The van der Waals surface area contributed by atoms with Gasteiger partial charge < -0.3 is 10.1 Å². The van der Waals surface area contributed by atoms with Crippen LogP contribution in [0.2, 0.25) is 0 Å². The van der Waals surface area contributed by atoms with Crippen LogP contribution in [0.15, 0.2) is 18.2 Å². The fraction of sp³-hybridized carbons (Fsp3) is 0.600. The predicted molar refractivity (Wildman–Crippen MR) is 69.6 cm³/mol. The van der Waals surface area contributed by atoms with E-state index in [2.05, 4.69) is 23.5 Å². The minimum Gasteiger partial charge on any atom is -0.496 e. The molecule has 1 atom stereocenters. The Morgan fingerprint density at radius 1 is 1.29 bits per heavy atom. The number of nitrogens with one attached hydrogen (secondary N) is 1. The average Bonchev–Trinajstić information content (AvgIpc) is 3.08. The molecular weight excluding hydrogens is 210 g/mol. The van der Waals surface area contributed by atoms with E-state index >= 15 is 0 Å². The standard InChI is InChI=1S/C15H21NO/c1-17-15-9-11(8-12-6-7-16-10-12)2-5-14(15)13-3-4-13/h2,5,9,12-13,16H,3-4,6-8,10H2,1H3. The van der Waals surface area contributed by atoms with Gasteiger partial charge in [-0.2, -0.15) is 0 Å². The summed E-state index contributed by atoms with van der Waals surface area (Å²) in [5.74, 6) is 2.69. The van der Waals surface area contributed by atoms with Crippen molar-refractivity contribution in [1.29, 1.82) is 0 Å². The normalized spacial score (nSPS) is 23.9. The maximum atomic E-state index is 5.54. The van der Waals surface area contributed by atoms with Crippen molar-refractivity contribution in [3.8, 4) is 5.75 Å². The number of hydrogen-bond acceptors (Lipinski definition) is 2. The van der Waals surface area contributed by atoms with E-state index in [1.165, 1.54) is 49.9 Å². The molecule has 0 bridgehead atoms. The van der Waals surface area contributed by atoms with Crippen LogP contribution < -0.4 is 10.1 Å². The first-order valence-electron chi connectivity index (χ1n) is 6.74. The lowest BCUT2D eigenvalue weighted by Gasteiger charge is -2.12. The van der Waals surface area contributed by atoms with E-state index < -0.39 is 0 Å². The SMILES string of the molecule is COc1cc(CC2CCNC2)ccc1C1CC1. The summed E-state index contributed by atoms with van der Waals surface area (Å²) in [7, 11) is 1.79. The molecule has 0 aromatic heterocycles. The van der Waals surface area contributed by atoms with Crippen LogP contribution in [0, 0.1) is 5.92 Å². The highest BCUT2D eigenvalue weighted by atomic mass is 16.5. The van der Waals surface area contributed by atoms with E-state index in [0.717, 1.165) is 17.6 Å². The van der Waals surface area contributed by atoms with Crippen molar-refractivity contribution < 1.29 is 4.74 Å². The Bertz CT molecular complexity index is 392. The number of ether oxygens (including phenoxy) is 1. The number of benzene rings is 1. The molecule has 1 N–H and O–H groups in total. The highest BCUT2D eigenvalue weighted by Gasteiger charge is 2.26. The van der Waals surface area contributed by atoms with E-state index in [9.17, 15) is 0 Å². The van der Waals surface area contributed by atoms with Crippen molar-refractivity contribution in [2.75, 3.05) is 20.2 Å². The van der Waals surface area contributed by atoms with Gasteiger partial charge in [0.1, 0.15) is 5.75 Å². The average molecular weight is 231 g/mol. The number of hydrogen-bond donors (Lipinski definition) is 1. The molecule has 0 amide bonds. The van der Waals surface area contributed by atoms with Crippen LogP contribution >= 0.6 is 0 Å². The van der Waals surface area contributed by atoms with Crippen molar-refractivity contribution in [3.63, 3.8) is 0 Å². The molecule has 1 aromatic rings. The third kappa shape index (κ3) is 2.47. The highest BCUT2D eigenvalue weighted by Crippen LogP contribution is 2.44. The highest BCUT2D eigenvalue weighted by molar-refractivity contribution is 5.42. The summed E-state index contributed by atoms with van der Waals surface area (Å²) in [6, 6.07) is 6.84. The minimum absolute atomic E-state index is 0.771. The van der Waals surface area contributed by atoms with Crippen molar-refractivity contribution in [1.82, 2.24) is 5.32 Å². The molecular formula is C15H21NO. The Morgan fingerprint density at radius 2 is 2.18 bits per heavy atom. The molecule has 1 aliphatic heterocycles. The van der Waals surface area contributed by atoms with Crippen molar-refractivity contribution in [2.24, 2.45) is 5.92 Å². The summed E-state index contributed by atoms with van der Waals surface area (Å²) in [5.41, 5.74) is 2.85. The number of rotatable bonds is 4. The fourth-order valence-corrected chi connectivity index (χ4v) is 2.84. The summed E-state index contributed by atoms with van der Waals surface area (Å²) in [4.78, 5) is 0. The summed E-state index contributed by atoms with van der Waals surface area (Å²) >= 11 is 0. The first-order valence-corrected chi connectivity index (χ1v) is 6.74. The molecule has 1 heterocycles. The molecule has 2 heteroatoms. The first kappa shape index (κ1) is 11.1. The maximum Gasteiger partial charge on any atom is 0.122 e. The van der Waals surface area contributed by atoms with Gasteiger partial charge in [-0.1, -0.05) is 12.1 Å². The van der Waals surface area contributed by atoms with Gasteiger partial charge in [0.05, 0.1) is 7.11 Å². The van der Waals surface area contributed by atoms with Crippen molar-refractivity contribution in [2.45, 2.75) is 31.6 Å². The first-order chi connectivity index (χ1) is 8.36. The van der Waals surface area contributed by atoms with Crippen LogP contribution in [-0.2, 0) is 6.42 Å². The third-order valence-corrected chi connectivity index (χ3v) is 4.00. The van der Waals surface area contributed by atoms with E-state index in [-0.39, 0.29) is 0 Å². The quantitative estimate of drug-likeness (QED) is 0.860. The van der Waals surface area contributed by atoms with Gasteiger partial charge in [0.15, 0.2) is 0 Å². The lowest BCUT2D eigenvalue weighted by molar-refractivity contribution is 0.408. The molecule has 3 rings (SSSR count). The molecule has 1 aromatic carbocycles. The monoisotopic (exact) mass is 231 g/mol. The van der Waals surface area contributed by atoms with Crippen LogP contribution in [0.1, 0.15) is 36.3 Å². The Labute approximate surface area is 103 Å². The Kier molecular flexibility index (Phi) is 3.06. The molecule has 92 valence electrons. The predicted octanol–water partition coefficient (Wildman–Crippen LogP) is 2.72. The van der Waals surface area contributed by atoms with Gasteiger partial charge in [-0.05, 0) is 67.8 Å². The molecule has 2 nitrogen and oxygen atoms in total. The molecule has 0 radical (unpaired) electrons. The largest absolute Gasteiger partial charge is 0.496 e. The van der Waals surface area contributed by atoms with Gasteiger partial charge in [0, 0.05) is 0 Å². The Morgan fingerprint density at radius 3 is 2.82 bits per heavy atom. The van der Waals surface area contributed by atoms with Crippen LogP contribution in [0.25, 0.3) is 0 Å². The minimum atomic E-state index is 0.771. The summed E-state index contributed by atoms with van der Waals surface area (Å²) in [6.45, 7) is 2.36. The maximum absolute atomic E-state index is 5.54. The summed E-state index contributed by atoms with van der Waals surface area (Å²) in [5, 5.41) is 3.43. The second kappa shape index (κ2) is 4.69. The topological polar surface area (TPSA) is 21.3 Å². The fourth-order valence-electron chi connectivity index (χ4n) is 2.84. The van der Waals surface area contributed by atoms with Gasteiger partial charge in [-0.3, -0.25) is 0 Å². The molecule has 2 fully saturated rings. The Balaban J connectivity index is 1.75. The van der Waals surface area contributed by atoms with Gasteiger partial charge in [-0.25, -0.2) is 0 Å². The molecule has 1 saturated carbocycles. The molecule has 1 aliphatic carbocycles. The van der Waals surface area contributed by atoms with Gasteiger partial charge in [0.2, 0.25) is 0 Å². The van der Waals surface area contributed by atoms with Gasteiger partial charge in [0.25, 0.3) is 0 Å². The van der Waals surface area contributed by atoms with Crippen LogP contribution in [0.5, 0.6) is 5.75 Å². The van der Waals surface area contributed by atoms with Gasteiger partial charge in [-0.15, -0.1) is 0 Å². The molecule has 1 unspecified atom stereocenters. The zero-order valence-corrected chi connectivity index (χ0v) is 10.5.